The fourth-order valence-electron chi connectivity index (χ4n) is 2.03. The molecule has 0 spiro atoms. The third-order valence-corrected chi connectivity index (χ3v) is 2.89. The topological polar surface area (TPSA) is 46.2 Å². The first-order valence-corrected chi connectivity index (χ1v) is 5.53. The van der Waals surface area contributed by atoms with E-state index in [-0.39, 0.29) is 0 Å². The average Bonchev–Trinajstić information content (AvgIpc) is 2.11. The zero-order chi connectivity index (χ0) is 11.4. The van der Waals surface area contributed by atoms with Crippen LogP contribution in [0.4, 0.5) is 0 Å². The van der Waals surface area contributed by atoms with Crippen LogP contribution < -0.4 is 5.73 Å². The number of phenols is 1. The summed E-state index contributed by atoms with van der Waals surface area (Å²) in [6.45, 7) is 7.07. The Labute approximate surface area is 92.1 Å². The van der Waals surface area contributed by atoms with Crippen molar-refractivity contribution in [1.29, 1.82) is 0 Å². The third kappa shape index (κ3) is 3.24. The molecule has 0 aromatic heterocycles. The summed E-state index contributed by atoms with van der Waals surface area (Å²) in [5.74, 6) is 0.970. The summed E-state index contributed by atoms with van der Waals surface area (Å²) in [4.78, 5) is 0. The van der Waals surface area contributed by atoms with Crippen LogP contribution >= 0.6 is 0 Å². The van der Waals surface area contributed by atoms with E-state index >= 15 is 0 Å². The van der Waals surface area contributed by atoms with Gasteiger partial charge in [0.15, 0.2) is 0 Å². The molecule has 0 fully saturated rings. The second kappa shape index (κ2) is 5.17. The van der Waals surface area contributed by atoms with E-state index < -0.39 is 0 Å². The Morgan fingerprint density at radius 3 is 2.27 bits per heavy atom. The molecular formula is C13H21NO. The van der Waals surface area contributed by atoms with Gasteiger partial charge in [-0.25, -0.2) is 0 Å². The van der Waals surface area contributed by atoms with Crippen LogP contribution in [-0.2, 0) is 6.42 Å². The Hall–Kier alpha value is -1.02. The van der Waals surface area contributed by atoms with Crippen LogP contribution in [0.2, 0.25) is 0 Å². The molecule has 1 rings (SSSR count). The second-order valence-corrected chi connectivity index (χ2v) is 4.44. The molecule has 0 bridgehead atoms. The molecule has 0 radical (unpaired) electrons. The van der Waals surface area contributed by atoms with Crippen molar-refractivity contribution < 1.29 is 5.11 Å². The van der Waals surface area contributed by atoms with E-state index in [0.717, 1.165) is 19.4 Å². The highest BCUT2D eigenvalue weighted by Gasteiger charge is 2.09. The van der Waals surface area contributed by atoms with Gasteiger partial charge in [0.1, 0.15) is 5.75 Å². The minimum absolute atomic E-state index is 0.361. The number of benzene rings is 1. The van der Waals surface area contributed by atoms with Crippen LogP contribution in [0.25, 0.3) is 0 Å². The van der Waals surface area contributed by atoms with Gasteiger partial charge in [-0.2, -0.15) is 0 Å². The average molecular weight is 207 g/mol. The van der Waals surface area contributed by atoms with Gasteiger partial charge in [0.25, 0.3) is 0 Å². The molecule has 0 aliphatic heterocycles. The van der Waals surface area contributed by atoms with Crippen LogP contribution in [0.5, 0.6) is 5.75 Å². The van der Waals surface area contributed by atoms with Gasteiger partial charge in [0.2, 0.25) is 0 Å². The van der Waals surface area contributed by atoms with Gasteiger partial charge in [0, 0.05) is 0 Å². The van der Waals surface area contributed by atoms with Crippen molar-refractivity contribution in [3.05, 3.63) is 28.8 Å². The normalized spacial score (nSPS) is 12.8. The van der Waals surface area contributed by atoms with Crippen molar-refractivity contribution in [2.24, 2.45) is 11.7 Å². The lowest BCUT2D eigenvalue weighted by atomic mass is 9.92. The summed E-state index contributed by atoms with van der Waals surface area (Å²) >= 11 is 0. The Balaban J connectivity index is 2.85. The summed E-state index contributed by atoms with van der Waals surface area (Å²) in [5, 5.41) is 9.44. The van der Waals surface area contributed by atoms with Crippen molar-refractivity contribution in [1.82, 2.24) is 0 Å². The number of hydrogen-bond donors (Lipinski definition) is 2. The largest absolute Gasteiger partial charge is 0.508 e. The van der Waals surface area contributed by atoms with E-state index in [1.54, 1.807) is 0 Å². The van der Waals surface area contributed by atoms with Crippen molar-refractivity contribution in [3.8, 4) is 5.75 Å². The van der Waals surface area contributed by atoms with Crippen LogP contribution in [-0.4, -0.2) is 11.7 Å². The Bertz CT molecular complexity index is 310. The number of aromatic hydroxyl groups is 1. The van der Waals surface area contributed by atoms with Gasteiger partial charge in [-0.3, -0.25) is 0 Å². The lowest BCUT2D eigenvalue weighted by Crippen LogP contribution is -2.09. The highest BCUT2D eigenvalue weighted by molar-refractivity contribution is 5.40. The molecular weight excluding hydrogens is 186 g/mol. The van der Waals surface area contributed by atoms with Gasteiger partial charge in [0.05, 0.1) is 0 Å². The molecule has 0 aliphatic carbocycles. The lowest BCUT2D eigenvalue weighted by molar-refractivity contribution is 0.473. The van der Waals surface area contributed by atoms with E-state index in [2.05, 4.69) is 20.8 Å². The first-order valence-electron chi connectivity index (χ1n) is 5.53. The number of phenolic OH excluding ortho intramolecular Hbond substituents is 1. The quantitative estimate of drug-likeness (QED) is 0.797. The van der Waals surface area contributed by atoms with Gasteiger partial charge in [-0.1, -0.05) is 6.92 Å². The van der Waals surface area contributed by atoms with Gasteiger partial charge in [-0.15, -0.1) is 0 Å². The minimum Gasteiger partial charge on any atom is -0.508 e. The first kappa shape index (κ1) is 12.1. The molecule has 1 aromatic rings. The monoisotopic (exact) mass is 207 g/mol. The molecule has 84 valence electrons. The number of rotatable bonds is 4. The summed E-state index contributed by atoms with van der Waals surface area (Å²) in [6.07, 6.45) is 2.11. The minimum atomic E-state index is 0.361. The first-order chi connectivity index (χ1) is 7.04. The molecule has 3 N–H and O–H groups in total. The fourth-order valence-corrected chi connectivity index (χ4v) is 2.03. The van der Waals surface area contributed by atoms with Crippen molar-refractivity contribution in [2.75, 3.05) is 6.54 Å². The summed E-state index contributed by atoms with van der Waals surface area (Å²) in [5.41, 5.74) is 9.25. The summed E-state index contributed by atoms with van der Waals surface area (Å²) in [6, 6.07) is 3.66. The van der Waals surface area contributed by atoms with Crippen molar-refractivity contribution in [2.45, 2.75) is 33.6 Å². The lowest BCUT2D eigenvalue weighted by Gasteiger charge is -2.15. The summed E-state index contributed by atoms with van der Waals surface area (Å²) in [7, 11) is 0. The Kier molecular flexibility index (Phi) is 4.15. The molecule has 0 aliphatic rings. The highest BCUT2D eigenvalue weighted by atomic mass is 16.3. The van der Waals surface area contributed by atoms with Crippen LogP contribution in [0.1, 0.15) is 30.0 Å². The van der Waals surface area contributed by atoms with Crippen molar-refractivity contribution >= 4 is 0 Å². The number of aryl methyl sites for hydroxylation is 2. The second-order valence-electron chi connectivity index (χ2n) is 4.44. The zero-order valence-corrected chi connectivity index (χ0v) is 9.88. The molecule has 0 saturated carbocycles. The summed E-state index contributed by atoms with van der Waals surface area (Å²) < 4.78 is 0. The maximum atomic E-state index is 9.44. The van der Waals surface area contributed by atoms with Crippen LogP contribution in [0.3, 0.4) is 0 Å². The van der Waals surface area contributed by atoms with Crippen LogP contribution in [0.15, 0.2) is 12.1 Å². The Morgan fingerprint density at radius 1 is 1.27 bits per heavy atom. The third-order valence-electron chi connectivity index (χ3n) is 2.89. The number of hydrogen-bond acceptors (Lipinski definition) is 2. The maximum Gasteiger partial charge on any atom is 0.116 e. The molecule has 1 unspecified atom stereocenters. The van der Waals surface area contributed by atoms with Gasteiger partial charge < -0.3 is 10.8 Å². The zero-order valence-electron chi connectivity index (χ0n) is 9.88. The predicted octanol–water partition coefficient (Wildman–Crippen LogP) is 2.54. The molecule has 1 aromatic carbocycles. The van der Waals surface area contributed by atoms with E-state index in [4.69, 9.17) is 5.73 Å². The molecule has 1 atom stereocenters. The smallest absolute Gasteiger partial charge is 0.116 e. The predicted molar refractivity (Wildman–Crippen MR) is 64.1 cm³/mol. The van der Waals surface area contributed by atoms with Gasteiger partial charge in [-0.05, 0) is 68.0 Å². The highest BCUT2D eigenvalue weighted by Crippen LogP contribution is 2.23. The molecule has 0 amide bonds. The maximum absolute atomic E-state index is 9.44. The van der Waals surface area contributed by atoms with E-state index in [0.29, 0.717) is 11.7 Å². The van der Waals surface area contributed by atoms with Crippen molar-refractivity contribution in [3.63, 3.8) is 0 Å². The van der Waals surface area contributed by atoms with E-state index in [1.165, 1.54) is 16.7 Å². The molecule has 2 nitrogen and oxygen atoms in total. The van der Waals surface area contributed by atoms with Gasteiger partial charge >= 0.3 is 0 Å². The van der Waals surface area contributed by atoms with E-state index in [1.807, 2.05) is 12.1 Å². The molecule has 2 heteroatoms. The SMILES string of the molecule is Cc1cc(O)cc(C)c1CC(C)CCN. The molecule has 15 heavy (non-hydrogen) atoms. The Morgan fingerprint density at radius 2 is 1.80 bits per heavy atom. The molecule has 0 saturated heterocycles. The standard InChI is InChI=1S/C13H21NO/c1-9(4-5-14)6-13-10(2)7-12(15)8-11(13)3/h7-9,15H,4-6,14H2,1-3H3. The fraction of sp³-hybridized carbons (Fsp3) is 0.538. The van der Waals surface area contributed by atoms with Crippen LogP contribution in [0, 0.1) is 19.8 Å². The van der Waals surface area contributed by atoms with E-state index in [9.17, 15) is 5.11 Å². The number of nitrogens with two attached hydrogens (primary N) is 1. The molecule has 0 heterocycles.